The molecule has 2 rings (SSSR count). The lowest BCUT2D eigenvalue weighted by Crippen LogP contribution is -2.15. The van der Waals surface area contributed by atoms with Crippen LogP contribution in [0.1, 0.15) is 12.0 Å². The van der Waals surface area contributed by atoms with E-state index in [9.17, 15) is 4.79 Å². The van der Waals surface area contributed by atoms with E-state index in [4.69, 9.17) is 0 Å². The van der Waals surface area contributed by atoms with Crippen molar-refractivity contribution in [1.82, 2.24) is 20.0 Å². The molecule has 2 aromatic rings. The molecule has 6 nitrogen and oxygen atoms in total. The molecule has 0 aliphatic heterocycles. The van der Waals surface area contributed by atoms with Crippen molar-refractivity contribution < 1.29 is 4.79 Å². The van der Waals surface area contributed by atoms with Crippen molar-refractivity contribution in [1.29, 1.82) is 0 Å². The standard InChI is InChI=1S/C11H12BrN5O/c1-8-6-10(13-7-9(8)12)15-11(18)2-4-17-5-3-14-16-17/h3,5-7H,2,4H2,1H3,(H,13,15,18). The maximum atomic E-state index is 11.7. The van der Waals surface area contributed by atoms with Crippen molar-refractivity contribution >= 4 is 27.7 Å². The SMILES string of the molecule is Cc1cc(NC(=O)CCn2ccnn2)ncc1Br. The van der Waals surface area contributed by atoms with Gasteiger partial charge in [0.05, 0.1) is 12.7 Å². The molecule has 0 aromatic carbocycles. The number of nitrogens with zero attached hydrogens (tertiary/aromatic N) is 4. The first-order chi connectivity index (χ1) is 8.65. The molecule has 0 saturated carbocycles. The van der Waals surface area contributed by atoms with Crippen molar-refractivity contribution in [3.63, 3.8) is 0 Å². The van der Waals surface area contributed by atoms with Gasteiger partial charge in [0.25, 0.3) is 0 Å². The average Bonchev–Trinajstić information content (AvgIpc) is 2.84. The highest BCUT2D eigenvalue weighted by Gasteiger charge is 2.05. The Morgan fingerprint density at radius 2 is 2.39 bits per heavy atom. The van der Waals surface area contributed by atoms with Gasteiger partial charge in [-0.05, 0) is 34.5 Å². The quantitative estimate of drug-likeness (QED) is 0.934. The van der Waals surface area contributed by atoms with Crippen molar-refractivity contribution in [2.24, 2.45) is 0 Å². The van der Waals surface area contributed by atoms with E-state index in [1.54, 1.807) is 23.3 Å². The average molecular weight is 310 g/mol. The molecule has 0 fully saturated rings. The van der Waals surface area contributed by atoms with E-state index in [0.29, 0.717) is 18.8 Å². The lowest BCUT2D eigenvalue weighted by Gasteiger charge is -2.06. The number of hydrogen-bond donors (Lipinski definition) is 1. The summed E-state index contributed by atoms with van der Waals surface area (Å²) in [5.74, 6) is 0.457. The van der Waals surface area contributed by atoms with E-state index in [-0.39, 0.29) is 5.91 Å². The van der Waals surface area contributed by atoms with Crippen LogP contribution in [-0.2, 0) is 11.3 Å². The van der Waals surface area contributed by atoms with Gasteiger partial charge in [0.2, 0.25) is 5.91 Å². The van der Waals surface area contributed by atoms with Crippen LogP contribution < -0.4 is 5.32 Å². The number of carbonyl (C=O) groups excluding carboxylic acids is 1. The zero-order valence-electron chi connectivity index (χ0n) is 9.80. The Morgan fingerprint density at radius 1 is 1.56 bits per heavy atom. The maximum absolute atomic E-state index is 11.7. The fourth-order valence-electron chi connectivity index (χ4n) is 1.38. The first-order valence-corrected chi connectivity index (χ1v) is 6.20. The monoisotopic (exact) mass is 309 g/mol. The lowest BCUT2D eigenvalue weighted by atomic mass is 10.3. The molecule has 0 aliphatic carbocycles. The maximum Gasteiger partial charge on any atom is 0.227 e. The van der Waals surface area contributed by atoms with Crippen molar-refractivity contribution in [3.8, 4) is 0 Å². The van der Waals surface area contributed by atoms with Crippen molar-refractivity contribution in [3.05, 3.63) is 34.7 Å². The highest BCUT2D eigenvalue weighted by Crippen LogP contribution is 2.17. The minimum absolute atomic E-state index is 0.0975. The third kappa shape index (κ3) is 3.36. The van der Waals surface area contributed by atoms with Crippen LogP contribution in [0.3, 0.4) is 0 Å². The fraction of sp³-hybridized carbons (Fsp3) is 0.273. The number of anilines is 1. The second-order valence-electron chi connectivity index (χ2n) is 3.78. The van der Waals surface area contributed by atoms with E-state index in [2.05, 4.69) is 36.5 Å². The van der Waals surface area contributed by atoms with Crippen LogP contribution in [0.25, 0.3) is 0 Å². The zero-order valence-corrected chi connectivity index (χ0v) is 11.4. The van der Waals surface area contributed by atoms with Crippen LogP contribution in [0.4, 0.5) is 5.82 Å². The molecule has 0 aliphatic rings. The summed E-state index contributed by atoms with van der Waals surface area (Å²) < 4.78 is 2.53. The normalized spacial score (nSPS) is 10.3. The molecule has 2 aromatic heterocycles. The summed E-state index contributed by atoms with van der Waals surface area (Å²) in [6, 6.07) is 1.82. The third-order valence-electron chi connectivity index (χ3n) is 2.35. The number of hydrogen-bond acceptors (Lipinski definition) is 4. The summed E-state index contributed by atoms with van der Waals surface area (Å²) in [5.41, 5.74) is 1.02. The minimum atomic E-state index is -0.0975. The van der Waals surface area contributed by atoms with E-state index in [0.717, 1.165) is 10.0 Å². The highest BCUT2D eigenvalue weighted by molar-refractivity contribution is 9.10. The van der Waals surface area contributed by atoms with Gasteiger partial charge < -0.3 is 5.32 Å². The van der Waals surface area contributed by atoms with Gasteiger partial charge in [-0.3, -0.25) is 9.48 Å². The smallest absolute Gasteiger partial charge is 0.227 e. The number of halogens is 1. The van der Waals surface area contributed by atoms with Crippen LogP contribution in [0.2, 0.25) is 0 Å². The van der Waals surface area contributed by atoms with Gasteiger partial charge >= 0.3 is 0 Å². The largest absolute Gasteiger partial charge is 0.311 e. The first-order valence-electron chi connectivity index (χ1n) is 5.41. The summed E-state index contributed by atoms with van der Waals surface area (Å²) in [6.07, 6.45) is 5.30. The van der Waals surface area contributed by atoms with Gasteiger partial charge in [-0.25, -0.2) is 4.98 Å². The summed E-state index contributed by atoms with van der Waals surface area (Å²) in [7, 11) is 0. The summed E-state index contributed by atoms with van der Waals surface area (Å²) >= 11 is 3.36. The van der Waals surface area contributed by atoms with E-state index in [1.807, 2.05) is 13.0 Å². The van der Waals surface area contributed by atoms with Gasteiger partial charge in [0, 0.05) is 23.3 Å². The van der Waals surface area contributed by atoms with Gasteiger partial charge in [-0.1, -0.05) is 5.21 Å². The predicted octanol–water partition coefficient (Wildman–Crippen LogP) is 1.77. The minimum Gasteiger partial charge on any atom is -0.311 e. The molecular weight excluding hydrogens is 298 g/mol. The Balaban J connectivity index is 1.88. The fourth-order valence-corrected chi connectivity index (χ4v) is 1.60. The summed E-state index contributed by atoms with van der Waals surface area (Å²) in [5, 5.41) is 10.2. The molecular formula is C11H12BrN5O. The predicted molar refractivity (Wildman–Crippen MR) is 69.9 cm³/mol. The van der Waals surface area contributed by atoms with Crippen LogP contribution >= 0.6 is 15.9 Å². The number of amides is 1. The Kier molecular flexibility index (Phi) is 4.03. The molecule has 1 N–H and O–H groups in total. The second kappa shape index (κ2) is 5.72. The number of pyridine rings is 1. The highest BCUT2D eigenvalue weighted by atomic mass is 79.9. The molecule has 2 heterocycles. The summed E-state index contributed by atoms with van der Waals surface area (Å²) in [6.45, 7) is 2.44. The van der Waals surface area contributed by atoms with Crippen LogP contribution in [0.5, 0.6) is 0 Å². The molecule has 0 unspecified atom stereocenters. The van der Waals surface area contributed by atoms with E-state index < -0.39 is 0 Å². The van der Waals surface area contributed by atoms with Crippen molar-refractivity contribution in [2.45, 2.75) is 19.9 Å². The number of aromatic nitrogens is 4. The number of nitrogens with one attached hydrogen (secondary N) is 1. The Bertz CT molecular complexity index is 540. The third-order valence-corrected chi connectivity index (χ3v) is 3.18. The second-order valence-corrected chi connectivity index (χ2v) is 4.64. The summed E-state index contributed by atoms with van der Waals surface area (Å²) in [4.78, 5) is 15.8. The molecule has 0 bridgehead atoms. The molecule has 0 saturated heterocycles. The molecule has 7 heteroatoms. The van der Waals surface area contributed by atoms with Gasteiger partial charge in [0.1, 0.15) is 5.82 Å². The molecule has 94 valence electrons. The number of rotatable bonds is 4. The van der Waals surface area contributed by atoms with E-state index in [1.165, 1.54) is 0 Å². The number of carbonyl (C=O) groups is 1. The molecule has 0 atom stereocenters. The van der Waals surface area contributed by atoms with Gasteiger partial charge in [-0.2, -0.15) is 0 Å². The Morgan fingerprint density at radius 3 is 3.06 bits per heavy atom. The van der Waals surface area contributed by atoms with Crippen LogP contribution in [0.15, 0.2) is 29.1 Å². The topological polar surface area (TPSA) is 72.7 Å². The number of aryl methyl sites for hydroxylation is 2. The first kappa shape index (κ1) is 12.7. The zero-order chi connectivity index (χ0) is 13.0. The van der Waals surface area contributed by atoms with Crippen LogP contribution in [-0.4, -0.2) is 25.9 Å². The molecule has 18 heavy (non-hydrogen) atoms. The Labute approximate surface area is 113 Å². The van der Waals surface area contributed by atoms with Crippen LogP contribution in [0, 0.1) is 6.92 Å². The molecule has 1 amide bonds. The van der Waals surface area contributed by atoms with Gasteiger partial charge in [-0.15, -0.1) is 5.10 Å². The molecule has 0 spiro atoms. The Hall–Kier alpha value is -1.76. The lowest BCUT2D eigenvalue weighted by molar-refractivity contribution is -0.116. The van der Waals surface area contributed by atoms with E-state index >= 15 is 0 Å². The van der Waals surface area contributed by atoms with Crippen molar-refractivity contribution in [2.75, 3.05) is 5.32 Å². The molecule has 0 radical (unpaired) electrons. The van der Waals surface area contributed by atoms with Gasteiger partial charge in [0.15, 0.2) is 0 Å².